The summed E-state index contributed by atoms with van der Waals surface area (Å²) in [7, 11) is -3.60. The quantitative estimate of drug-likeness (QED) is 0.295. The van der Waals surface area contributed by atoms with Crippen molar-refractivity contribution in [1.29, 1.82) is 0 Å². The summed E-state index contributed by atoms with van der Waals surface area (Å²) < 4.78 is 21.2. The van der Waals surface area contributed by atoms with E-state index < -0.39 is 12.5 Å². The molecule has 0 aliphatic carbocycles. The molecular formula is C6H10Cl2NO5P. The predicted molar refractivity (Wildman–Crippen MR) is 57.1 cm³/mol. The van der Waals surface area contributed by atoms with Crippen LogP contribution >= 0.6 is 30.8 Å². The molecule has 15 heavy (non-hydrogen) atoms. The van der Waals surface area contributed by atoms with Gasteiger partial charge in [0.2, 0.25) is 6.20 Å². The zero-order valence-electron chi connectivity index (χ0n) is 7.67. The lowest BCUT2D eigenvalue weighted by atomic mass is 10.9. The summed E-state index contributed by atoms with van der Waals surface area (Å²) in [5.74, 6) is 0.993. The van der Waals surface area contributed by atoms with Crippen LogP contribution < -0.4 is 0 Å². The Balaban J connectivity index is 4.39. The molecule has 0 spiro atoms. The molecule has 0 unspecified atom stereocenters. The van der Waals surface area contributed by atoms with Crippen molar-refractivity contribution >= 4 is 30.8 Å². The maximum Gasteiger partial charge on any atom is 0.360 e. The fourth-order valence-corrected chi connectivity index (χ4v) is 2.16. The minimum Gasteiger partial charge on any atom is -0.304 e. The molecule has 0 atom stereocenters. The number of hydrogen-bond donors (Lipinski definition) is 0. The summed E-state index contributed by atoms with van der Waals surface area (Å²) >= 11 is 10.6. The van der Waals surface area contributed by atoms with Crippen LogP contribution in [0.25, 0.3) is 0 Å². The van der Waals surface area contributed by atoms with Gasteiger partial charge in [-0.15, -0.1) is 23.2 Å². The topological polar surface area (TPSA) is 78.7 Å². The molecule has 0 rings (SSSR count). The first-order valence-electron chi connectivity index (χ1n) is 3.87. The molecule has 0 aromatic rings. The summed E-state index contributed by atoms with van der Waals surface area (Å²) in [6.45, 7) is -0.0493. The number of hydrogen-bond acceptors (Lipinski definition) is 5. The Morgan fingerprint density at radius 1 is 1.27 bits per heavy atom. The van der Waals surface area contributed by atoms with Crippen LogP contribution in [0, 0.1) is 10.1 Å². The third-order valence-corrected chi connectivity index (χ3v) is 2.96. The second-order valence-corrected chi connectivity index (χ2v) is 4.82. The van der Waals surface area contributed by atoms with Crippen molar-refractivity contribution < 1.29 is 18.5 Å². The van der Waals surface area contributed by atoms with Gasteiger partial charge in [0.15, 0.2) is 0 Å². The Bertz CT molecular complexity index is 260. The van der Waals surface area contributed by atoms with E-state index in [0.29, 0.717) is 6.20 Å². The summed E-state index contributed by atoms with van der Waals surface area (Å²) in [6.07, 6.45) is 0.503. The Morgan fingerprint density at radius 3 is 2.07 bits per heavy atom. The lowest BCUT2D eigenvalue weighted by Crippen LogP contribution is -1.99. The average Bonchev–Trinajstić information content (AvgIpc) is 2.21. The van der Waals surface area contributed by atoms with E-state index in [1.807, 2.05) is 0 Å². The van der Waals surface area contributed by atoms with Gasteiger partial charge in [0.1, 0.15) is 0 Å². The summed E-state index contributed by atoms with van der Waals surface area (Å²) in [5.41, 5.74) is 0. The maximum atomic E-state index is 11.7. The highest BCUT2D eigenvalue weighted by Gasteiger charge is 2.21. The van der Waals surface area contributed by atoms with Crippen molar-refractivity contribution in [2.45, 2.75) is 0 Å². The van der Waals surface area contributed by atoms with E-state index >= 15 is 0 Å². The van der Waals surface area contributed by atoms with Crippen LogP contribution in [0.15, 0.2) is 12.0 Å². The molecule has 88 valence electrons. The molecule has 0 amide bonds. The molecule has 0 fully saturated rings. The predicted octanol–water partition coefficient (Wildman–Crippen LogP) is 2.44. The van der Waals surface area contributed by atoms with Crippen LogP contribution in [-0.4, -0.2) is 29.9 Å². The van der Waals surface area contributed by atoms with E-state index in [4.69, 9.17) is 32.2 Å². The Labute approximate surface area is 96.8 Å². The number of alkyl halides is 2. The molecule has 0 aliphatic rings. The Kier molecular flexibility index (Phi) is 8.00. The molecular weight excluding hydrogens is 268 g/mol. The van der Waals surface area contributed by atoms with Gasteiger partial charge in [-0.25, -0.2) is 0 Å². The van der Waals surface area contributed by atoms with Crippen LogP contribution in [0.5, 0.6) is 0 Å². The molecule has 0 radical (unpaired) electrons. The van der Waals surface area contributed by atoms with Gasteiger partial charge in [0.25, 0.3) is 0 Å². The van der Waals surface area contributed by atoms with E-state index in [2.05, 4.69) is 0 Å². The van der Waals surface area contributed by atoms with Crippen LogP contribution in [0.4, 0.5) is 0 Å². The van der Waals surface area contributed by atoms with Crippen LogP contribution in [0.1, 0.15) is 0 Å². The number of nitrogens with zero attached hydrogens (tertiary/aromatic N) is 1. The number of rotatable bonds is 8. The van der Waals surface area contributed by atoms with E-state index in [1.165, 1.54) is 0 Å². The van der Waals surface area contributed by atoms with Gasteiger partial charge in [0, 0.05) is 11.8 Å². The third-order valence-electron chi connectivity index (χ3n) is 1.07. The van der Waals surface area contributed by atoms with Crippen molar-refractivity contribution in [2.75, 3.05) is 25.0 Å². The number of nitro groups is 1. The van der Waals surface area contributed by atoms with Crippen LogP contribution in [-0.2, 0) is 13.6 Å². The summed E-state index contributed by atoms with van der Waals surface area (Å²) in [6, 6.07) is 0. The molecule has 0 saturated carbocycles. The summed E-state index contributed by atoms with van der Waals surface area (Å²) in [4.78, 5) is 9.26. The van der Waals surface area contributed by atoms with Gasteiger partial charge in [-0.05, 0) is 0 Å². The largest absolute Gasteiger partial charge is 0.360 e. The number of halogens is 2. The fourth-order valence-electron chi connectivity index (χ4n) is 0.583. The minimum absolute atomic E-state index is 0.0246. The monoisotopic (exact) mass is 277 g/mol. The van der Waals surface area contributed by atoms with Crippen LogP contribution in [0.2, 0.25) is 0 Å². The average molecular weight is 278 g/mol. The van der Waals surface area contributed by atoms with Crippen molar-refractivity contribution in [1.82, 2.24) is 0 Å². The fraction of sp³-hybridized carbons (Fsp3) is 0.667. The van der Waals surface area contributed by atoms with E-state index in [0.717, 1.165) is 5.82 Å². The summed E-state index contributed by atoms with van der Waals surface area (Å²) in [5, 5.41) is 10.0. The molecule has 6 nitrogen and oxygen atoms in total. The Hall–Kier alpha value is -0.130. The van der Waals surface area contributed by atoms with Gasteiger partial charge in [0.05, 0.1) is 24.0 Å². The molecule has 0 aliphatic heterocycles. The highest BCUT2D eigenvalue weighted by molar-refractivity contribution is 7.57. The van der Waals surface area contributed by atoms with Gasteiger partial charge < -0.3 is 9.05 Å². The van der Waals surface area contributed by atoms with E-state index in [-0.39, 0.29) is 25.0 Å². The van der Waals surface area contributed by atoms with Gasteiger partial charge >= 0.3 is 7.60 Å². The van der Waals surface area contributed by atoms with E-state index in [9.17, 15) is 14.7 Å². The Morgan fingerprint density at radius 2 is 1.73 bits per heavy atom. The first-order chi connectivity index (χ1) is 7.04. The van der Waals surface area contributed by atoms with Crippen molar-refractivity contribution in [2.24, 2.45) is 0 Å². The van der Waals surface area contributed by atoms with Crippen molar-refractivity contribution in [3.63, 3.8) is 0 Å². The van der Waals surface area contributed by atoms with Crippen LogP contribution in [0.3, 0.4) is 0 Å². The highest BCUT2D eigenvalue weighted by atomic mass is 35.5. The van der Waals surface area contributed by atoms with Gasteiger partial charge in [-0.2, -0.15) is 0 Å². The smallest absolute Gasteiger partial charge is 0.304 e. The first kappa shape index (κ1) is 14.9. The van der Waals surface area contributed by atoms with Gasteiger partial charge in [-0.1, -0.05) is 0 Å². The van der Waals surface area contributed by atoms with E-state index in [1.54, 1.807) is 0 Å². The van der Waals surface area contributed by atoms with Crippen molar-refractivity contribution in [3.05, 3.63) is 22.1 Å². The SMILES string of the molecule is O=[N+]([O-])C=CP(=O)(OCCCl)OCCCl. The van der Waals surface area contributed by atoms with Gasteiger partial charge in [-0.3, -0.25) is 14.7 Å². The second-order valence-electron chi connectivity index (χ2n) is 2.17. The highest BCUT2D eigenvalue weighted by Crippen LogP contribution is 2.49. The lowest BCUT2D eigenvalue weighted by molar-refractivity contribution is -0.402. The zero-order chi connectivity index (χ0) is 11.7. The standard InChI is InChI=1S/C6H10Cl2NO5P/c7-1-4-13-15(12,14-5-2-8)6-3-9(10)11/h3,6H,1-2,4-5H2. The molecule has 0 saturated heterocycles. The molecule has 0 aromatic carbocycles. The first-order valence-corrected chi connectivity index (χ1v) is 6.56. The normalized spacial score (nSPS) is 12.1. The minimum atomic E-state index is -3.60. The molecule has 0 aromatic heterocycles. The lowest BCUT2D eigenvalue weighted by Gasteiger charge is -2.12. The second kappa shape index (κ2) is 8.07. The molecule has 0 bridgehead atoms. The molecule has 9 heteroatoms. The third kappa shape index (κ3) is 7.76. The zero-order valence-corrected chi connectivity index (χ0v) is 10.1. The van der Waals surface area contributed by atoms with Crippen molar-refractivity contribution in [3.8, 4) is 0 Å². The molecule has 0 heterocycles. The maximum absolute atomic E-state index is 11.7. The molecule has 0 N–H and O–H groups in total.